The highest BCUT2D eigenvalue weighted by Gasteiger charge is 2.03. The van der Waals surface area contributed by atoms with Crippen molar-refractivity contribution in [2.75, 3.05) is 10.6 Å². The van der Waals surface area contributed by atoms with Gasteiger partial charge in [0.05, 0.1) is 0 Å². The molecular formula is C11H15N3OS. The molecule has 0 heterocycles. The van der Waals surface area contributed by atoms with Crippen molar-refractivity contribution in [2.24, 2.45) is 5.73 Å². The third-order valence-electron chi connectivity index (χ3n) is 2.10. The molecule has 0 atom stereocenters. The Kier molecular flexibility index (Phi) is 4.25. The molecule has 0 unspecified atom stereocenters. The van der Waals surface area contributed by atoms with E-state index in [1.54, 1.807) is 6.92 Å². The number of hydrogen-bond donors (Lipinski definition) is 3. The molecule has 0 fully saturated rings. The highest BCUT2D eigenvalue weighted by atomic mass is 32.1. The Morgan fingerprint density at radius 2 is 2.12 bits per heavy atom. The molecule has 4 N–H and O–H groups in total. The van der Waals surface area contributed by atoms with Gasteiger partial charge in [-0.15, -0.1) is 0 Å². The first-order valence-corrected chi connectivity index (χ1v) is 5.40. The van der Waals surface area contributed by atoms with E-state index >= 15 is 0 Å². The van der Waals surface area contributed by atoms with Crippen LogP contribution in [0.1, 0.15) is 18.9 Å². The molecule has 16 heavy (non-hydrogen) atoms. The van der Waals surface area contributed by atoms with Crippen molar-refractivity contribution in [2.45, 2.75) is 20.3 Å². The average Bonchev–Trinajstić information content (AvgIpc) is 2.22. The standard InChI is InChI=1S/C11H15N3OS/c1-3-10(15)13-8-5-4-7(2)9(6-8)14-11(12)16/h4-6H,3H2,1-2H3,(H,13,15)(H3,12,14,16). The number of hydrogen-bond acceptors (Lipinski definition) is 2. The van der Waals surface area contributed by atoms with Gasteiger partial charge in [-0.25, -0.2) is 0 Å². The van der Waals surface area contributed by atoms with Crippen LogP contribution in [0.4, 0.5) is 11.4 Å². The third kappa shape index (κ3) is 3.51. The molecule has 5 heteroatoms. The van der Waals surface area contributed by atoms with Gasteiger partial charge < -0.3 is 16.4 Å². The molecule has 0 saturated carbocycles. The van der Waals surface area contributed by atoms with Crippen LogP contribution in [0.25, 0.3) is 0 Å². The van der Waals surface area contributed by atoms with Crippen molar-refractivity contribution >= 4 is 34.6 Å². The lowest BCUT2D eigenvalue weighted by atomic mass is 10.2. The Morgan fingerprint density at radius 1 is 1.44 bits per heavy atom. The lowest BCUT2D eigenvalue weighted by Gasteiger charge is -2.10. The van der Waals surface area contributed by atoms with Gasteiger partial charge in [0.15, 0.2) is 5.11 Å². The first-order valence-electron chi connectivity index (χ1n) is 5.00. The Balaban J connectivity index is 2.88. The largest absolute Gasteiger partial charge is 0.376 e. The number of benzene rings is 1. The van der Waals surface area contributed by atoms with Crippen molar-refractivity contribution in [3.63, 3.8) is 0 Å². The number of carbonyl (C=O) groups is 1. The Hall–Kier alpha value is -1.62. The summed E-state index contributed by atoms with van der Waals surface area (Å²) in [6.07, 6.45) is 0.450. The maximum absolute atomic E-state index is 11.2. The molecule has 0 aliphatic rings. The quantitative estimate of drug-likeness (QED) is 0.703. The molecule has 0 saturated heterocycles. The molecule has 0 radical (unpaired) electrons. The van der Waals surface area contributed by atoms with Gasteiger partial charge in [0.1, 0.15) is 0 Å². The third-order valence-corrected chi connectivity index (χ3v) is 2.20. The first kappa shape index (κ1) is 12.4. The number of anilines is 2. The number of rotatable bonds is 3. The van der Waals surface area contributed by atoms with Gasteiger partial charge in [0, 0.05) is 17.8 Å². The summed E-state index contributed by atoms with van der Waals surface area (Å²) in [7, 11) is 0. The Bertz CT molecular complexity index is 418. The Morgan fingerprint density at radius 3 is 2.69 bits per heavy atom. The molecule has 0 aliphatic heterocycles. The van der Waals surface area contributed by atoms with Crippen LogP contribution in [0.3, 0.4) is 0 Å². The number of nitrogens with two attached hydrogens (primary N) is 1. The average molecular weight is 237 g/mol. The number of amides is 1. The second kappa shape index (κ2) is 5.46. The SMILES string of the molecule is CCC(=O)Nc1ccc(C)c(NC(N)=S)c1. The van der Waals surface area contributed by atoms with Gasteiger partial charge in [0.25, 0.3) is 0 Å². The maximum atomic E-state index is 11.2. The van der Waals surface area contributed by atoms with Crippen molar-refractivity contribution in [1.29, 1.82) is 0 Å². The summed E-state index contributed by atoms with van der Waals surface area (Å²) in [5.74, 6) is -0.0230. The van der Waals surface area contributed by atoms with E-state index in [2.05, 4.69) is 10.6 Å². The first-order chi connectivity index (χ1) is 7.52. The van der Waals surface area contributed by atoms with Crippen LogP contribution in [-0.2, 0) is 4.79 Å². The summed E-state index contributed by atoms with van der Waals surface area (Å²) in [6.45, 7) is 3.74. The van der Waals surface area contributed by atoms with E-state index in [0.29, 0.717) is 6.42 Å². The van der Waals surface area contributed by atoms with Crippen LogP contribution in [0.2, 0.25) is 0 Å². The summed E-state index contributed by atoms with van der Waals surface area (Å²) in [6, 6.07) is 5.54. The van der Waals surface area contributed by atoms with Crippen molar-refractivity contribution in [3.05, 3.63) is 23.8 Å². The Labute approximate surface area is 100 Å². The van der Waals surface area contributed by atoms with Gasteiger partial charge >= 0.3 is 0 Å². The van der Waals surface area contributed by atoms with Crippen LogP contribution < -0.4 is 16.4 Å². The topological polar surface area (TPSA) is 67.2 Å². The zero-order valence-electron chi connectivity index (χ0n) is 9.33. The summed E-state index contributed by atoms with van der Waals surface area (Å²) >= 11 is 4.77. The van der Waals surface area contributed by atoms with Gasteiger partial charge in [0.2, 0.25) is 5.91 Å². The van der Waals surface area contributed by atoms with Crippen molar-refractivity contribution < 1.29 is 4.79 Å². The second-order valence-electron chi connectivity index (χ2n) is 3.42. The van der Waals surface area contributed by atoms with E-state index in [1.165, 1.54) is 0 Å². The molecular weight excluding hydrogens is 222 g/mol. The molecule has 1 aromatic rings. The second-order valence-corrected chi connectivity index (χ2v) is 3.86. The zero-order chi connectivity index (χ0) is 12.1. The summed E-state index contributed by atoms with van der Waals surface area (Å²) < 4.78 is 0. The van der Waals surface area contributed by atoms with Crippen LogP contribution in [0.15, 0.2) is 18.2 Å². The number of carbonyl (C=O) groups excluding carboxylic acids is 1. The predicted molar refractivity (Wildman–Crippen MR) is 70.5 cm³/mol. The molecule has 0 bridgehead atoms. The van der Waals surface area contributed by atoms with E-state index < -0.39 is 0 Å². The number of thiocarbonyl (C=S) groups is 1. The normalized spacial score (nSPS) is 9.62. The molecule has 1 amide bonds. The van der Waals surface area contributed by atoms with Crippen molar-refractivity contribution in [1.82, 2.24) is 0 Å². The van der Waals surface area contributed by atoms with Crippen LogP contribution >= 0.6 is 12.2 Å². The molecule has 4 nitrogen and oxygen atoms in total. The maximum Gasteiger partial charge on any atom is 0.224 e. The molecule has 1 rings (SSSR count). The highest BCUT2D eigenvalue weighted by molar-refractivity contribution is 7.80. The fourth-order valence-electron chi connectivity index (χ4n) is 1.22. The van der Waals surface area contributed by atoms with E-state index in [0.717, 1.165) is 16.9 Å². The molecule has 0 aliphatic carbocycles. The number of aryl methyl sites for hydroxylation is 1. The minimum absolute atomic E-state index is 0.0230. The van der Waals surface area contributed by atoms with Gasteiger partial charge in [-0.2, -0.15) is 0 Å². The van der Waals surface area contributed by atoms with E-state index in [1.807, 2.05) is 25.1 Å². The highest BCUT2D eigenvalue weighted by Crippen LogP contribution is 2.20. The van der Waals surface area contributed by atoms with Gasteiger partial charge in [-0.05, 0) is 36.8 Å². The minimum Gasteiger partial charge on any atom is -0.376 e. The lowest BCUT2D eigenvalue weighted by molar-refractivity contribution is -0.115. The van der Waals surface area contributed by atoms with E-state index in [9.17, 15) is 4.79 Å². The van der Waals surface area contributed by atoms with Gasteiger partial charge in [-0.3, -0.25) is 4.79 Å². The summed E-state index contributed by atoms with van der Waals surface area (Å²) in [5, 5.41) is 5.84. The monoisotopic (exact) mass is 237 g/mol. The van der Waals surface area contributed by atoms with Crippen molar-refractivity contribution in [3.8, 4) is 0 Å². The lowest BCUT2D eigenvalue weighted by Crippen LogP contribution is -2.19. The fourth-order valence-corrected chi connectivity index (χ4v) is 1.33. The van der Waals surface area contributed by atoms with Crippen LogP contribution in [0, 0.1) is 6.92 Å². The predicted octanol–water partition coefficient (Wildman–Crippen LogP) is 2.00. The smallest absolute Gasteiger partial charge is 0.224 e. The summed E-state index contributed by atoms with van der Waals surface area (Å²) in [5.41, 5.74) is 7.96. The van der Waals surface area contributed by atoms with Crippen LogP contribution in [-0.4, -0.2) is 11.0 Å². The molecule has 1 aromatic carbocycles. The molecule has 0 aromatic heterocycles. The summed E-state index contributed by atoms with van der Waals surface area (Å²) in [4.78, 5) is 11.2. The van der Waals surface area contributed by atoms with Gasteiger partial charge in [-0.1, -0.05) is 13.0 Å². The fraction of sp³-hybridized carbons (Fsp3) is 0.273. The van der Waals surface area contributed by atoms with E-state index in [-0.39, 0.29) is 11.0 Å². The molecule has 86 valence electrons. The molecule has 0 spiro atoms. The van der Waals surface area contributed by atoms with Crippen LogP contribution in [0.5, 0.6) is 0 Å². The zero-order valence-corrected chi connectivity index (χ0v) is 10.1. The minimum atomic E-state index is -0.0230. The number of nitrogens with one attached hydrogen (secondary N) is 2. The van der Waals surface area contributed by atoms with E-state index in [4.69, 9.17) is 18.0 Å².